The number of benzene rings is 1. The molecule has 4 N–H and O–H groups in total. The smallest absolute Gasteiger partial charge is 0.251 e. The molecule has 8 heteroatoms. The first-order chi connectivity index (χ1) is 13.5. The van der Waals surface area contributed by atoms with Crippen LogP contribution in [-0.4, -0.2) is 48.0 Å². The Hall–Kier alpha value is -2.19. The predicted molar refractivity (Wildman–Crippen MR) is 105 cm³/mol. The standard InChI is InChI=1S/C20H24ClN3O4/c21-18-7-15(8-19(24-18)28-17-11-27-12-17)20(26)23-10-16(25)6-5-13-3-1-2-4-14(13)9-22/h1-4,7-8,16-17,25H,5-6,9-12,22H2,(H,23,26)/t16-/m0/s1. The fraction of sp³-hybridized carbons (Fsp3) is 0.400. The Labute approximate surface area is 168 Å². The van der Waals surface area contributed by atoms with Crippen LogP contribution >= 0.6 is 11.6 Å². The lowest BCUT2D eigenvalue weighted by molar-refractivity contribution is -0.0813. The third-order valence-electron chi connectivity index (χ3n) is 4.51. The summed E-state index contributed by atoms with van der Waals surface area (Å²) in [4.78, 5) is 16.5. The van der Waals surface area contributed by atoms with E-state index in [0.717, 1.165) is 11.1 Å². The van der Waals surface area contributed by atoms with Crippen LogP contribution in [-0.2, 0) is 17.7 Å². The second kappa shape index (κ2) is 9.84. The number of pyridine rings is 1. The van der Waals surface area contributed by atoms with E-state index < -0.39 is 6.10 Å². The van der Waals surface area contributed by atoms with E-state index >= 15 is 0 Å². The number of aromatic nitrogens is 1. The molecule has 1 amide bonds. The van der Waals surface area contributed by atoms with Crippen molar-refractivity contribution in [2.24, 2.45) is 5.73 Å². The Bertz CT molecular complexity index is 814. The molecule has 1 aromatic heterocycles. The summed E-state index contributed by atoms with van der Waals surface area (Å²) in [5.74, 6) is -0.0645. The first-order valence-corrected chi connectivity index (χ1v) is 9.58. The molecule has 0 spiro atoms. The minimum absolute atomic E-state index is 0.0694. The van der Waals surface area contributed by atoms with Crippen LogP contribution in [0.4, 0.5) is 0 Å². The number of halogens is 1. The summed E-state index contributed by atoms with van der Waals surface area (Å²) in [5.41, 5.74) is 8.24. The van der Waals surface area contributed by atoms with Crippen molar-refractivity contribution in [2.75, 3.05) is 19.8 Å². The van der Waals surface area contributed by atoms with Crippen LogP contribution in [0.25, 0.3) is 0 Å². The highest BCUT2D eigenvalue weighted by Gasteiger charge is 2.21. The number of hydrogen-bond acceptors (Lipinski definition) is 6. The van der Waals surface area contributed by atoms with Gasteiger partial charge in [-0.25, -0.2) is 4.98 Å². The van der Waals surface area contributed by atoms with Crippen molar-refractivity contribution in [2.45, 2.75) is 31.6 Å². The maximum Gasteiger partial charge on any atom is 0.251 e. The van der Waals surface area contributed by atoms with Crippen LogP contribution in [0.3, 0.4) is 0 Å². The van der Waals surface area contributed by atoms with Gasteiger partial charge < -0.3 is 25.6 Å². The molecule has 1 saturated heterocycles. The summed E-state index contributed by atoms with van der Waals surface area (Å²) in [5, 5.41) is 13.1. The van der Waals surface area contributed by atoms with Gasteiger partial charge in [-0.2, -0.15) is 0 Å². The molecular weight excluding hydrogens is 382 g/mol. The van der Waals surface area contributed by atoms with Crippen molar-refractivity contribution in [1.82, 2.24) is 10.3 Å². The number of nitrogens with one attached hydrogen (secondary N) is 1. The fourth-order valence-corrected chi connectivity index (χ4v) is 3.06. The number of hydrogen-bond donors (Lipinski definition) is 3. The lowest BCUT2D eigenvalue weighted by Gasteiger charge is -2.26. The van der Waals surface area contributed by atoms with Crippen LogP contribution in [0.5, 0.6) is 5.88 Å². The largest absolute Gasteiger partial charge is 0.469 e. The van der Waals surface area contributed by atoms with E-state index in [9.17, 15) is 9.90 Å². The lowest BCUT2D eigenvalue weighted by atomic mass is 10.0. The minimum Gasteiger partial charge on any atom is -0.469 e. The monoisotopic (exact) mass is 405 g/mol. The molecule has 1 atom stereocenters. The molecule has 0 aliphatic carbocycles. The average molecular weight is 406 g/mol. The maximum absolute atomic E-state index is 12.4. The molecule has 0 bridgehead atoms. The molecule has 0 saturated carbocycles. The van der Waals surface area contributed by atoms with Crippen molar-refractivity contribution in [3.05, 3.63) is 58.2 Å². The van der Waals surface area contributed by atoms with E-state index in [4.69, 9.17) is 26.8 Å². The van der Waals surface area contributed by atoms with E-state index in [1.54, 1.807) is 0 Å². The van der Waals surface area contributed by atoms with E-state index in [1.165, 1.54) is 12.1 Å². The summed E-state index contributed by atoms with van der Waals surface area (Å²) in [7, 11) is 0. The SMILES string of the molecule is NCc1ccccc1CC[C@H](O)CNC(=O)c1cc(Cl)nc(OC2COC2)c1. The highest BCUT2D eigenvalue weighted by molar-refractivity contribution is 6.29. The zero-order valence-corrected chi connectivity index (χ0v) is 16.2. The van der Waals surface area contributed by atoms with Crippen molar-refractivity contribution < 1.29 is 19.4 Å². The van der Waals surface area contributed by atoms with Crippen molar-refractivity contribution in [3.63, 3.8) is 0 Å². The van der Waals surface area contributed by atoms with Crippen molar-refractivity contribution in [1.29, 1.82) is 0 Å². The van der Waals surface area contributed by atoms with Gasteiger partial charge in [0.05, 0.1) is 19.3 Å². The second-order valence-electron chi connectivity index (χ2n) is 6.67. The van der Waals surface area contributed by atoms with E-state index in [-0.39, 0.29) is 29.6 Å². The fourth-order valence-electron chi connectivity index (χ4n) is 2.85. The van der Waals surface area contributed by atoms with Crippen molar-refractivity contribution in [3.8, 4) is 5.88 Å². The van der Waals surface area contributed by atoms with Crippen LogP contribution in [0.1, 0.15) is 27.9 Å². The van der Waals surface area contributed by atoms with Gasteiger partial charge in [0.15, 0.2) is 0 Å². The topological polar surface area (TPSA) is 107 Å². The molecule has 0 unspecified atom stereocenters. The Morgan fingerprint density at radius 3 is 2.79 bits per heavy atom. The number of aliphatic hydroxyl groups excluding tert-OH is 1. The van der Waals surface area contributed by atoms with Crippen LogP contribution in [0, 0.1) is 0 Å². The quantitative estimate of drug-likeness (QED) is 0.548. The molecule has 0 radical (unpaired) electrons. The summed E-state index contributed by atoms with van der Waals surface area (Å²) >= 11 is 5.99. The first kappa shape index (κ1) is 20.5. The van der Waals surface area contributed by atoms with Gasteiger partial charge in [0.1, 0.15) is 11.3 Å². The number of nitrogens with two attached hydrogens (primary N) is 1. The van der Waals surface area contributed by atoms with Crippen LogP contribution in [0.2, 0.25) is 5.15 Å². The summed E-state index contributed by atoms with van der Waals surface area (Å²) < 4.78 is 10.6. The highest BCUT2D eigenvalue weighted by Crippen LogP contribution is 2.19. The third kappa shape index (κ3) is 5.65. The number of aliphatic hydroxyl groups is 1. The molecular formula is C20H24ClN3O4. The molecule has 1 aromatic carbocycles. The minimum atomic E-state index is -0.671. The van der Waals surface area contributed by atoms with Gasteiger partial charge in [-0.3, -0.25) is 4.79 Å². The number of carbonyl (C=O) groups is 1. The Balaban J connectivity index is 1.50. The van der Waals surface area contributed by atoms with Crippen molar-refractivity contribution >= 4 is 17.5 Å². The van der Waals surface area contributed by atoms with Crippen LogP contribution in [0.15, 0.2) is 36.4 Å². The third-order valence-corrected chi connectivity index (χ3v) is 4.70. The molecule has 2 aromatic rings. The first-order valence-electron chi connectivity index (χ1n) is 9.20. The van der Waals surface area contributed by atoms with Gasteiger partial charge in [-0.05, 0) is 30.0 Å². The van der Waals surface area contributed by atoms with E-state index in [2.05, 4.69) is 10.3 Å². The van der Waals surface area contributed by atoms with E-state index in [0.29, 0.717) is 38.2 Å². The summed E-state index contributed by atoms with van der Waals surface area (Å²) in [6.45, 7) is 1.59. The molecule has 7 nitrogen and oxygen atoms in total. The second-order valence-corrected chi connectivity index (χ2v) is 7.06. The molecule has 2 heterocycles. The molecule has 28 heavy (non-hydrogen) atoms. The normalized spacial score (nSPS) is 15.0. The van der Waals surface area contributed by atoms with Gasteiger partial charge in [-0.1, -0.05) is 35.9 Å². The number of rotatable bonds is 9. The lowest BCUT2D eigenvalue weighted by Crippen LogP contribution is -2.38. The van der Waals surface area contributed by atoms with Gasteiger partial charge >= 0.3 is 0 Å². The Morgan fingerprint density at radius 1 is 1.36 bits per heavy atom. The zero-order valence-electron chi connectivity index (χ0n) is 15.4. The summed E-state index contributed by atoms with van der Waals surface area (Å²) in [6.07, 6.45) is 0.465. The van der Waals surface area contributed by atoms with E-state index in [1.807, 2.05) is 24.3 Å². The number of nitrogens with zero attached hydrogens (tertiary/aromatic N) is 1. The number of carbonyl (C=O) groups excluding carboxylic acids is 1. The molecule has 1 aliphatic rings. The predicted octanol–water partition coefficient (Wildman–Crippen LogP) is 1.69. The average Bonchev–Trinajstić information content (AvgIpc) is 2.67. The molecule has 150 valence electrons. The van der Waals surface area contributed by atoms with Gasteiger partial charge in [-0.15, -0.1) is 0 Å². The number of ether oxygens (including phenoxy) is 2. The number of aryl methyl sites for hydroxylation is 1. The van der Waals surface area contributed by atoms with Crippen LogP contribution < -0.4 is 15.8 Å². The molecule has 1 fully saturated rings. The molecule has 3 rings (SSSR count). The zero-order chi connectivity index (χ0) is 19.9. The van der Waals surface area contributed by atoms with Gasteiger partial charge in [0.25, 0.3) is 5.91 Å². The summed E-state index contributed by atoms with van der Waals surface area (Å²) in [6, 6.07) is 10.9. The van der Waals surface area contributed by atoms with Gasteiger partial charge in [0, 0.05) is 24.7 Å². The molecule has 1 aliphatic heterocycles. The Kier molecular flexibility index (Phi) is 7.22. The van der Waals surface area contributed by atoms with Gasteiger partial charge in [0.2, 0.25) is 5.88 Å². The maximum atomic E-state index is 12.4. The highest BCUT2D eigenvalue weighted by atomic mass is 35.5. The number of amides is 1. The Morgan fingerprint density at radius 2 is 2.11 bits per heavy atom.